The van der Waals surface area contributed by atoms with Crippen LogP contribution in [0.4, 0.5) is 0 Å². The number of hydrogen-bond acceptors (Lipinski definition) is 8. The van der Waals surface area contributed by atoms with Crippen molar-refractivity contribution in [3.8, 4) is 6.07 Å². The highest BCUT2D eigenvalue weighted by Crippen LogP contribution is 2.57. The first-order chi connectivity index (χ1) is 21.0. The van der Waals surface area contributed by atoms with Crippen LogP contribution in [0, 0.1) is 11.3 Å². The smallest absolute Gasteiger partial charge is 0.333 e. The molecule has 0 aliphatic carbocycles. The Morgan fingerprint density at radius 1 is 0.907 bits per heavy atom. The molecule has 4 aromatic rings. The van der Waals surface area contributed by atoms with Crippen LogP contribution >= 0.6 is 0 Å². The summed E-state index contributed by atoms with van der Waals surface area (Å²) in [6.07, 6.45) is -2.20. The molecule has 1 aromatic heterocycles. The first kappa shape index (κ1) is 30.1. The number of aliphatic hydroxyl groups is 1. The number of methoxy groups -OCH3 is 1. The number of nitriles is 1. The molecule has 222 valence electrons. The molecule has 1 aliphatic rings. The van der Waals surface area contributed by atoms with Crippen molar-refractivity contribution in [2.75, 3.05) is 20.8 Å². The maximum atomic E-state index is 14.5. The Morgan fingerprint density at radius 3 is 1.91 bits per heavy atom. The number of aliphatic hydroxyl groups excluding tert-OH is 1. The first-order valence-corrected chi connectivity index (χ1v) is 13.9. The Hall–Kier alpha value is -4.37. The molecular weight excluding hydrogens is 550 g/mol. The van der Waals surface area contributed by atoms with Gasteiger partial charge in [-0.05, 0) is 16.7 Å². The van der Waals surface area contributed by atoms with E-state index < -0.39 is 40.7 Å². The lowest BCUT2D eigenvalue weighted by Crippen LogP contribution is -2.65. The van der Waals surface area contributed by atoms with E-state index in [9.17, 15) is 20.0 Å². The third kappa shape index (κ3) is 4.91. The van der Waals surface area contributed by atoms with Crippen LogP contribution in [-0.4, -0.2) is 53.4 Å². The van der Waals surface area contributed by atoms with E-state index in [0.717, 1.165) is 21.3 Å². The molecule has 1 fully saturated rings. The van der Waals surface area contributed by atoms with E-state index in [1.807, 2.05) is 97.1 Å². The average Bonchev–Trinajstić information content (AvgIpc) is 3.33. The number of hydrogen-bond donors (Lipinski definition) is 1. The Bertz CT molecular complexity index is 1570. The van der Waals surface area contributed by atoms with Gasteiger partial charge in [-0.3, -0.25) is 13.9 Å². The average molecular weight is 584 g/mol. The molecule has 1 aliphatic heterocycles. The van der Waals surface area contributed by atoms with Crippen LogP contribution in [0.2, 0.25) is 0 Å². The van der Waals surface area contributed by atoms with Gasteiger partial charge in [0.25, 0.3) is 5.56 Å². The van der Waals surface area contributed by atoms with E-state index in [1.165, 1.54) is 31.0 Å². The minimum atomic E-state index is -1.85. The van der Waals surface area contributed by atoms with Crippen molar-refractivity contribution in [3.63, 3.8) is 0 Å². The fraction of sp³-hybridized carbons (Fsp3) is 0.303. The zero-order chi connectivity index (χ0) is 30.5. The second kappa shape index (κ2) is 12.9. The molecule has 10 heteroatoms. The zero-order valence-electron chi connectivity index (χ0n) is 23.9. The molecule has 1 N–H and O–H groups in total. The van der Waals surface area contributed by atoms with Gasteiger partial charge in [0.1, 0.15) is 24.9 Å². The van der Waals surface area contributed by atoms with E-state index in [4.69, 9.17) is 19.2 Å². The van der Waals surface area contributed by atoms with Crippen LogP contribution in [0.15, 0.2) is 113 Å². The van der Waals surface area contributed by atoms with Crippen LogP contribution in [0.3, 0.4) is 0 Å². The van der Waals surface area contributed by atoms with E-state index in [0.29, 0.717) is 0 Å². The van der Waals surface area contributed by atoms with Crippen LogP contribution in [0.25, 0.3) is 0 Å². The fourth-order valence-corrected chi connectivity index (χ4v) is 6.36. The summed E-state index contributed by atoms with van der Waals surface area (Å²) in [6.45, 7) is -0.312. The Labute approximate surface area is 248 Å². The van der Waals surface area contributed by atoms with Gasteiger partial charge in [0.05, 0.1) is 25.0 Å². The minimum Gasteiger partial charge on any atom is -0.387 e. The summed E-state index contributed by atoms with van der Waals surface area (Å²) in [6, 6.07) is 31.8. The first-order valence-electron chi connectivity index (χ1n) is 13.9. The van der Waals surface area contributed by atoms with Crippen molar-refractivity contribution in [2.24, 2.45) is 0 Å². The van der Waals surface area contributed by atoms with Gasteiger partial charge < -0.3 is 14.6 Å². The van der Waals surface area contributed by atoms with Crippen molar-refractivity contribution in [1.82, 2.24) is 9.13 Å². The number of aromatic nitrogens is 2. The minimum absolute atomic E-state index is 0.0607. The van der Waals surface area contributed by atoms with Crippen molar-refractivity contribution in [1.29, 1.82) is 5.26 Å². The summed E-state index contributed by atoms with van der Waals surface area (Å²) in [5.41, 5.74) is -2.31. The molecule has 0 spiro atoms. The molecule has 0 bridgehead atoms. The predicted molar refractivity (Wildman–Crippen MR) is 157 cm³/mol. The van der Waals surface area contributed by atoms with Crippen molar-refractivity contribution < 1.29 is 24.4 Å². The second-order valence-electron chi connectivity index (χ2n) is 10.2. The molecule has 0 unspecified atom stereocenters. The maximum Gasteiger partial charge on any atom is 0.333 e. The van der Waals surface area contributed by atoms with Crippen LogP contribution in [-0.2, 0) is 36.9 Å². The quantitative estimate of drug-likeness (QED) is 0.162. The van der Waals surface area contributed by atoms with E-state index in [2.05, 4.69) is 0 Å². The molecule has 5 rings (SSSR count). The van der Waals surface area contributed by atoms with Crippen molar-refractivity contribution >= 4 is 0 Å². The highest BCUT2D eigenvalue weighted by molar-refractivity contribution is 5.54. The second-order valence-corrected chi connectivity index (χ2v) is 10.2. The van der Waals surface area contributed by atoms with Gasteiger partial charge in [0.2, 0.25) is 0 Å². The summed E-state index contributed by atoms with van der Waals surface area (Å²) in [5, 5.41) is 21.1. The van der Waals surface area contributed by atoms with E-state index >= 15 is 0 Å². The molecule has 0 saturated carbocycles. The molecule has 2 heterocycles. The summed E-state index contributed by atoms with van der Waals surface area (Å²) in [4.78, 5) is 37.5. The molecule has 10 nitrogen and oxygen atoms in total. The molecule has 4 atom stereocenters. The van der Waals surface area contributed by atoms with Crippen LogP contribution in [0.5, 0.6) is 0 Å². The molecule has 0 radical (unpaired) electrons. The topological polar surface area (TPSA) is 125 Å². The maximum absolute atomic E-state index is 14.5. The molecule has 43 heavy (non-hydrogen) atoms. The SMILES string of the molecule is COOC[C@H]1O[C@](n2ccc(=O)n(CCC#N)c2=O)(C(c2ccccc2)(c2ccccc2)c2ccccc2)[C@H](OC)[C@@H]1O. The third-order valence-corrected chi connectivity index (χ3v) is 8.04. The van der Waals surface area contributed by atoms with Crippen molar-refractivity contribution in [3.05, 3.63) is 141 Å². The summed E-state index contributed by atoms with van der Waals surface area (Å²) < 4.78 is 15.4. The lowest BCUT2D eigenvalue weighted by molar-refractivity contribution is -0.296. The number of ether oxygens (including phenoxy) is 2. The Kier molecular flexibility index (Phi) is 9.01. The number of benzene rings is 3. The number of rotatable bonds is 11. The van der Waals surface area contributed by atoms with Gasteiger partial charge in [-0.25, -0.2) is 14.6 Å². The van der Waals surface area contributed by atoms with Crippen LogP contribution < -0.4 is 11.2 Å². The summed E-state index contributed by atoms with van der Waals surface area (Å²) >= 11 is 0. The zero-order valence-corrected chi connectivity index (χ0v) is 23.9. The van der Waals surface area contributed by atoms with Gasteiger partial charge in [0, 0.05) is 25.9 Å². The van der Waals surface area contributed by atoms with Crippen molar-refractivity contribution in [2.45, 2.75) is 42.4 Å². The van der Waals surface area contributed by atoms with Gasteiger partial charge in [-0.1, -0.05) is 91.0 Å². The van der Waals surface area contributed by atoms with Crippen LogP contribution in [0.1, 0.15) is 23.1 Å². The molecule has 3 aromatic carbocycles. The van der Waals surface area contributed by atoms with Gasteiger partial charge in [0.15, 0.2) is 5.72 Å². The summed E-state index contributed by atoms with van der Waals surface area (Å²) in [5.74, 6) is 0. The molecule has 1 saturated heterocycles. The lowest BCUT2D eigenvalue weighted by Gasteiger charge is -2.52. The van der Waals surface area contributed by atoms with E-state index in [1.54, 1.807) is 0 Å². The fourth-order valence-electron chi connectivity index (χ4n) is 6.36. The Morgan fingerprint density at radius 2 is 1.44 bits per heavy atom. The normalized spacial score (nSPS) is 21.9. The Balaban J connectivity index is 2.01. The molecule has 0 amide bonds. The molecular formula is C33H33N3O7. The van der Waals surface area contributed by atoms with Gasteiger partial charge >= 0.3 is 5.69 Å². The number of nitrogens with zero attached hydrogens (tertiary/aromatic N) is 3. The highest BCUT2D eigenvalue weighted by atomic mass is 17.2. The monoisotopic (exact) mass is 583 g/mol. The van der Waals surface area contributed by atoms with Gasteiger partial charge in [-0.2, -0.15) is 5.26 Å². The highest BCUT2D eigenvalue weighted by Gasteiger charge is 2.69. The largest absolute Gasteiger partial charge is 0.387 e. The lowest BCUT2D eigenvalue weighted by atomic mass is 9.60. The standard InChI is InChI=1S/C33H33N3O7/c1-40-30-29(38)27(23-42-41-2)43-33(30,36-22-19-28(37)35(31(36)39)21-12-20-34)32(24-13-6-3-7-14-24,25-15-8-4-9-16-25)26-17-10-5-11-18-26/h3-11,13-19,22,27,29-30,38H,12,21,23H2,1-2H3/t27-,29-,30-,33+/m1/s1. The summed E-state index contributed by atoms with van der Waals surface area (Å²) in [7, 11) is 2.79. The third-order valence-electron chi connectivity index (χ3n) is 8.04. The van der Waals surface area contributed by atoms with Gasteiger partial charge in [-0.15, -0.1) is 0 Å². The van der Waals surface area contributed by atoms with E-state index in [-0.39, 0.29) is 19.6 Å². The predicted octanol–water partition coefficient (Wildman–Crippen LogP) is 2.96.